The number of nitrogens with zero attached hydrogens (tertiary/aromatic N) is 1. The Morgan fingerprint density at radius 2 is 1.96 bits per heavy atom. The van der Waals surface area contributed by atoms with Crippen LogP contribution in [-0.4, -0.2) is 27.1 Å². The van der Waals surface area contributed by atoms with E-state index in [0.29, 0.717) is 12.2 Å². The summed E-state index contributed by atoms with van der Waals surface area (Å²) < 4.78 is 1.67. The monoisotopic (exact) mass is 381 g/mol. The number of aromatic nitrogens is 2. The molecule has 0 atom stereocenters. The molecule has 1 amide bonds. The molecule has 0 aliphatic rings. The number of unbranched alkanes of at least 4 members (excludes halogenated alkanes) is 1. The molecule has 23 heavy (non-hydrogen) atoms. The zero-order valence-electron chi connectivity index (χ0n) is 12.4. The molecule has 0 saturated heterocycles. The maximum absolute atomic E-state index is 12.1. The Morgan fingerprint density at radius 3 is 2.57 bits per heavy atom. The molecule has 1 aromatic carbocycles. The molecular weight excluding hydrogens is 366 g/mol. The van der Waals surface area contributed by atoms with Crippen LogP contribution >= 0.6 is 15.9 Å². The molecule has 0 unspecified atom stereocenters. The Hall–Kier alpha value is -2.35. The molecule has 1 heterocycles. The van der Waals surface area contributed by atoms with Gasteiger partial charge < -0.3 is 10.4 Å². The minimum Gasteiger partial charge on any atom is -0.493 e. The SMILES string of the molecule is CCCCNC(=O)c1c(O)n(-c2ccc(Br)cc2)c(=O)[nH]c1=O. The van der Waals surface area contributed by atoms with Gasteiger partial charge in [0, 0.05) is 11.0 Å². The summed E-state index contributed by atoms with van der Waals surface area (Å²) >= 11 is 3.27. The molecule has 0 bridgehead atoms. The van der Waals surface area contributed by atoms with Crippen LogP contribution in [0.1, 0.15) is 30.1 Å². The van der Waals surface area contributed by atoms with Crippen molar-refractivity contribution in [3.8, 4) is 11.6 Å². The highest BCUT2D eigenvalue weighted by Gasteiger charge is 2.21. The van der Waals surface area contributed by atoms with Gasteiger partial charge in [-0.25, -0.2) is 9.36 Å². The zero-order chi connectivity index (χ0) is 17.0. The summed E-state index contributed by atoms with van der Waals surface area (Å²) in [6, 6.07) is 6.49. The molecule has 3 N–H and O–H groups in total. The number of rotatable bonds is 5. The van der Waals surface area contributed by atoms with Gasteiger partial charge >= 0.3 is 5.69 Å². The molecule has 2 rings (SSSR count). The van der Waals surface area contributed by atoms with Gasteiger partial charge in [-0.3, -0.25) is 14.6 Å². The van der Waals surface area contributed by atoms with Gasteiger partial charge in [-0.2, -0.15) is 0 Å². The molecule has 2 aromatic rings. The molecule has 122 valence electrons. The molecule has 1 aromatic heterocycles. The van der Waals surface area contributed by atoms with E-state index in [9.17, 15) is 19.5 Å². The van der Waals surface area contributed by atoms with E-state index in [-0.39, 0.29) is 0 Å². The predicted molar refractivity (Wildman–Crippen MR) is 89.3 cm³/mol. The first-order chi connectivity index (χ1) is 11.0. The molecular formula is C15H16BrN3O4. The van der Waals surface area contributed by atoms with E-state index < -0.39 is 28.6 Å². The van der Waals surface area contributed by atoms with Crippen LogP contribution in [0.4, 0.5) is 0 Å². The lowest BCUT2D eigenvalue weighted by Crippen LogP contribution is -2.37. The molecule has 7 nitrogen and oxygen atoms in total. The van der Waals surface area contributed by atoms with Gasteiger partial charge in [0.1, 0.15) is 0 Å². The van der Waals surface area contributed by atoms with Gasteiger partial charge in [0.25, 0.3) is 11.5 Å². The molecule has 0 aliphatic carbocycles. The van der Waals surface area contributed by atoms with Gasteiger partial charge in [0.2, 0.25) is 5.88 Å². The van der Waals surface area contributed by atoms with Crippen molar-refractivity contribution in [1.29, 1.82) is 0 Å². The predicted octanol–water partition coefficient (Wildman–Crippen LogP) is 1.52. The van der Waals surface area contributed by atoms with E-state index in [1.165, 1.54) is 0 Å². The van der Waals surface area contributed by atoms with E-state index in [1.807, 2.05) is 6.92 Å². The summed E-state index contributed by atoms with van der Waals surface area (Å²) in [6.45, 7) is 2.34. The second-order valence-corrected chi connectivity index (χ2v) is 5.79. The van der Waals surface area contributed by atoms with Crippen LogP contribution in [0.25, 0.3) is 5.69 Å². The molecule has 8 heteroatoms. The van der Waals surface area contributed by atoms with E-state index in [4.69, 9.17) is 0 Å². The summed E-state index contributed by atoms with van der Waals surface area (Å²) in [7, 11) is 0. The third kappa shape index (κ3) is 3.70. The van der Waals surface area contributed by atoms with Gasteiger partial charge in [-0.05, 0) is 30.7 Å². The Labute approximate surface area is 140 Å². The maximum atomic E-state index is 12.1. The summed E-state index contributed by atoms with van der Waals surface area (Å²) in [5, 5.41) is 12.8. The number of benzene rings is 1. The number of carbonyl (C=O) groups excluding carboxylic acids is 1. The first-order valence-corrected chi connectivity index (χ1v) is 7.87. The van der Waals surface area contributed by atoms with Crippen molar-refractivity contribution in [1.82, 2.24) is 14.9 Å². The van der Waals surface area contributed by atoms with Crippen molar-refractivity contribution in [3.63, 3.8) is 0 Å². The number of aromatic amines is 1. The fourth-order valence-electron chi connectivity index (χ4n) is 2.03. The average molecular weight is 382 g/mol. The average Bonchev–Trinajstić information content (AvgIpc) is 2.49. The van der Waals surface area contributed by atoms with Crippen molar-refractivity contribution >= 4 is 21.8 Å². The third-order valence-electron chi connectivity index (χ3n) is 3.21. The minimum atomic E-state index is -0.921. The van der Waals surface area contributed by atoms with Gasteiger partial charge in [0.15, 0.2) is 5.56 Å². The van der Waals surface area contributed by atoms with Crippen LogP contribution in [-0.2, 0) is 0 Å². The van der Waals surface area contributed by atoms with Crippen LogP contribution in [0.15, 0.2) is 38.3 Å². The van der Waals surface area contributed by atoms with E-state index >= 15 is 0 Å². The number of amides is 1. The topological polar surface area (TPSA) is 104 Å². The van der Waals surface area contributed by atoms with E-state index in [1.54, 1.807) is 24.3 Å². The quantitative estimate of drug-likeness (QED) is 0.682. The Bertz CT molecular complexity index is 824. The third-order valence-corrected chi connectivity index (χ3v) is 3.74. The van der Waals surface area contributed by atoms with Crippen LogP contribution < -0.4 is 16.6 Å². The normalized spacial score (nSPS) is 10.5. The summed E-state index contributed by atoms with van der Waals surface area (Å²) in [5.74, 6) is -1.40. The second-order valence-electron chi connectivity index (χ2n) is 4.88. The first kappa shape index (κ1) is 17.0. The Kier molecular flexibility index (Phi) is 5.38. The molecule has 0 saturated carbocycles. The van der Waals surface area contributed by atoms with Crippen LogP contribution in [0.3, 0.4) is 0 Å². The number of H-pyrrole nitrogens is 1. The van der Waals surface area contributed by atoms with Crippen LogP contribution in [0.5, 0.6) is 5.88 Å². The van der Waals surface area contributed by atoms with Crippen molar-refractivity contribution in [2.45, 2.75) is 19.8 Å². The number of carbonyl (C=O) groups is 1. The van der Waals surface area contributed by atoms with E-state index in [0.717, 1.165) is 21.9 Å². The highest BCUT2D eigenvalue weighted by atomic mass is 79.9. The molecule has 0 spiro atoms. The molecule has 0 fully saturated rings. The Balaban J connectivity index is 2.51. The zero-order valence-corrected chi connectivity index (χ0v) is 14.0. The highest BCUT2D eigenvalue weighted by molar-refractivity contribution is 9.10. The first-order valence-electron chi connectivity index (χ1n) is 7.08. The Morgan fingerprint density at radius 1 is 1.30 bits per heavy atom. The van der Waals surface area contributed by atoms with Crippen molar-refractivity contribution in [2.75, 3.05) is 6.54 Å². The lowest BCUT2D eigenvalue weighted by atomic mass is 10.2. The lowest BCUT2D eigenvalue weighted by Gasteiger charge is -2.11. The second kappa shape index (κ2) is 7.28. The fourth-order valence-corrected chi connectivity index (χ4v) is 2.29. The van der Waals surface area contributed by atoms with Gasteiger partial charge in [-0.15, -0.1) is 0 Å². The number of nitrogens with one attached hydrogen (secondary N) is 2. The molecule has 0 aliphatic heterocycles. The number of hydrogen-bond acceptors (Lipinski definition) is 4. The maximum Gasteiger partial charge on any atom is 0.335 e. The smallest absolute Gasteiger partial charge is 0.335 e. The van der Waals surface area contributed by atoms with Crippen molar-refractivity contribution in [3.05, 3.63) is 55.1 Å². The minimum absolute atomic E-state index is 0.328. The van der Waals surface area contributed by atoms with Crippen molar-refractivity contribution in [2.24, 2.45) is 0 Å². The van der Waals surface area contributed by atoms with Gasteiger partial charge in [-0.1, -0.05) is 29.3 Å². The molecule has 0 radical (unpaired) electrons. The highest BCUT2D eigenvalue weighted by Crippen LogP contribution is 2.18. The van der Waals surface area contributed by atoms with E-state index in [2.05, 4.69) is 26.2 Å². The number of halogens is 1. The van der Waals surface area contributed by atoms with Crippen LogP contribution in [0.2, 0.25) is 0 Å². The number of aromatic hydroxyl groups is 1. The fraction of sp³-hybridized carbons (Fsp3) is 0.267. The van der Waals surface area contributed by atoms with Crippen LogP contribution in [0, 0.1) is 0 Å². The summed E-state index contributed by atoms with van der Waals surface area (Å²) in [6.07, 6.45) is 1.62. The lowest BCUT2D eigenvalue weighted by molar-refractivity contribution is 0.0947. The standard InChI is InChI=1S/C15H16BrN3O4/c1-2-3-8-17-12(20)11-13(21)18-15(23)19(14(11)22)10-6-4-9(16)5-7-10/h4-7,22H,2-3,8H2,1H3,(H,17,20)(H,18,21,23). The summed E-state index contributed by atoms with van der Waals surface area (Å²) in [4.78, 5) is 38.0. The number of hydrogen-bond donors (Lipinski definition) is 3. The van der Waals surface area contributed by atoms with Crippen molar-refractivity contribution < 1.29 is 9.90 Å². The largest absolute Gasteiger partial charge is 0.493 e. The van der Waals surface area contributed by atoms with Gasteiger partial charge in [0.05, 0.1) is 5.69 Å². The summed E-state index contributed by atoms with van der Waals surface area (Å²) in [5.41, 5.74) is -1.90.